The second-order valence-electron chi connectivity index (χ2n) is 5.28. The molecule has 0 atom stereocenters. The highest BCUT2D eigenvalue weighted by molar-refractivity contribution is 9.10. The first-order valence-electron chi connectivity index (χ1n) is 7.48. The minimum atomic E-state index is -0.149. The SMILES string of the molecule is COc1ccc(CCC(=O)Nc2cccc(NC(C)=O)c2)cc1Br. The van der Waals surface area contributed by atoms with Crippen LogP contribution < -0.4 is 15.4 Å². The summed E-state index contributed by atoms with van der Waals surface area (Å²) in [6.07, 6.45) is 0.989. The zero-order valence-corrected chi connectivity index (χ0v) is 15.1. The number of methoxy groups -OCH3 is 1. The number of ether oxygens (including phenoxy) is 1. The van der Waals surface area contributed by atoms with Gasteiger partial charge in [-0.3, -0.25) is 9.59 Å². The maximum Gasteiger partial charge on any atom is 0.224 e. The van der Waals surface area contributed by atoms with Crippen LogP contribution >= 0.6 is 15.9 Å². The van der Waals surface area contributed by atoms with Gasteiger partial charge in [0.2, 0.25) is 11.8 Å². The molecule has 0 radical (unpaired) electrons. The molecule has 2 aromatic rings. The molecule has 2 N–H and O–H groups in total. The minimum Gasteiger partial charge on any atom is -0.496 e. The van der Waals surface area contributed by atoms with Crippen molar-refractivity contribution >= 4 is 39.1 Å². The van der Waals surface area contributed by atoms with Crippen LogP contribution in [0.15, 0.2) is 46.9 Å². The highest BCUT2D eigenvalue weighted by atomic mass is 79.9. The van der Waals surface area contributed by atoms with Crippen LogP contribution in [0.5, 0.6) is 5.75 Å². The summed E-state index contributed by atoms with van der Waals surface area (Å²) in [6, 6.07) is 12.8. The number of benzene rings is 2. The van der Waals surface area contributed by atoms with E-state index in [0.717, 1.165) is 15.8 Å². The molecule has 2 amide bonds. The van der Waals surface area contributed by atoms with E-state index in [1.807, 2.05) is 18.2 Å². The van der Waals surface area contributed by atoms with Gasteiger partial charge in [0.1, 0.15) is 5.75 Å². The second-order valence-corrected chi connectivity index (χ2v) is 6.13. The highest BCUT2D eigenvalue weighted by Gasteiger charge is 2.06. The van der Waals surface area contributed by atoms with E-state index in [1.54, 1.807) is 31.4 Å². The average Bonchev–Trinajstić information content (AvgIpc) is 2.53. The van der Waals surface area contributed by atoms with Crippen molar-refractivity contribution in [3.8, 4) is 5.75 Å². The van der Waals surface area contributed by atoms with Crippen LogP contribution in [0, 0.1) is 0 Å². The molecule has 0 saturated heterocycles. The lowest BCUT2D eigenvalue weighted by molar-refractivity contribution is -0.116. The van der Waals surface area contributed by atoms with Crippen molar-refractivity contribution in [1.29, 1.82) is 0 Å². The summed E-state index contributed by atoms with van der Waals surface area (Å²) in [4.78, 5) is 23.2. The molecule has 0 aliphatic carbocycles. The molecular formula is C18H19BrN2O3. The molecule has 0 saturated carbocycles. The summed E-state index contributed by atoms with van der Waals surface area (Å²) in [5.41, 5.74) is 2.35. The van der Waals surface area contributed by atoms with Crippen molar-refractivity contribution in [2.24, 2.45) is 0 Å². The summed E-state index contributed by atoms with van der Waals surface area (Å²) < 4.78 is 6.05. The summed E-state index contributed by atoms with van der Waals surface area (Å²) in [7, 11) is 1.61. The van der Waals surface area contributed by atoms with Crippen molar-refractivity contribution in [1.82, 2.24) is 0 Å². The van der Waals surface area contributed by atoms with E-state index in [2.05, 4.69) is 26.6 Å². The minimum absolute atomic E-state index is 0.0816. The number of carbonyl (C=O) groups excluding carboxylic acids is 2. The number of halogens is 1. The van der Waals surface area contributed by atoms with Gasteiger partial charge < -0.3 is 15.4 Å². The van der Waals surface area contributed by atoms with Crippen LogP contribution in [0.25, 0.3) is 0 Å². The molecule has 6 heteroatoms. The summed E-state index contributed by atoms with van der Waals surface area (Å²) in [6.45, 7) is 1.44. The third-order valence-electron chi connectivity index (χ3n) is 3.32. The third-order valence-corrected chi connectivity index (χ3v) is 3.94. The van der Waals surface area contributed by atoms with Gasteiger partial charge in [0, 0.05) is 24.7 Å². The van der Waals surface area contributed by atoms with Crippen molar-refractivity contribution in [2.45, 2.75) is 19.8 Å². The van der Waals surface area contributed by atoms with Crippen molar-refractivity contribution in [3.63, 3.8) is 0 Å². The van der Waals surface area contributed by atoms with Crippen molar-refractivity contribution in [2.75, 3.05) is 17.7 Å². The molecule has 2 rings (SSSR count). The van der Waals surface area contributed by atoms with Gasteiger partial charge in [-0.15, -0.1) is 0 Å². The Labute approximate surface area is 149 Å². The molecule has 0 aliphatic rings. The highest BCUT2D eigenvalue weighted by Crippen LogP contribution is 2.26. The molecular weight excluding hydrogens is 372 g/mol. The Kier molecular flexibility index (Phi) is 6.37. The fraction of sp³-hybridized carbons (Fsp3) is 0.222. The quantitative estimate of drug-likeness (QED) is 0.783. The zero-order valence-electron chi connectivity index (χ0n) is 13.6. The fourth-order valence-electron chi connectivity index (χ4n) is 2.22. The normalized spacial score (nSPS) is 10.1. The monoisotopic (exact) mass is 390 g/mol. The van der Waals surface area contributed by atoms with Gasteiger partial charge in [0.25, 0.3) is 0 Å². The van der Waals surface area contributed by atoms with Crippen LogP contribution in [0.3, 0.4) is 0 Å². The number of hydrogen-bond acceptors (Lipinski definition) is 3. The van der Waals surface area contributed by atoms with E-state index >= 15 is 0 Å². The van der Waals surface area contributed by atoms with E-state index in [-0.39, 0.29) is 11.8 Å². The predicted molar refractivity (Wildman–Crippen MR) is 98.4 cm³/mol. The van der Waals surface area contributed by atoms with Gasteiger partial charge >= 0.3 is 0 Å². The Bertz CT molecular complexity index is 747. The Hall–Kier alpha value is -2.34. The lowest BCUT2D eigenvalue weighted by Gasteiger charge is -2.09. The molecule has 24 heavy (non-hydrogen) atoms. The summed E-state index contributed by atoms with van der Waals surface area (Å²) in [5, 5.41) is 5.52. The molecule has 0 aliphatic heterocycles. The molecule has 0 unspecified atom stereocenters. The van der Waals surface area contributed by atoms with Gasteiger partial charge in [-0.25, -0.2) is 0 Å². The zero-order chi connectivity index (χ0) is 17.5. The lowest BCUT2D eigenvalue weighted by atomic mass is 10.1. The van der Waals surface area contributed by atoms with E-state index in [4.69, 9.17) is 4.74 Å². The molecule has 0 spiro atoms. The standard InChI is InChI=1S/C18H19BrN2O3/c1-12(22)20-14-4-3-5-15(11-14)21-18(23)9-7-13-6-8-17(24-2)16(19)10-13/h3-6,8,10-11H,7,9H2,1-2H3,(H,20,22)(H,21,23). The van der Waals surface area contributed by atoms with Crippen LogP contribution in [0.4, 0.5) is 11.4 Å². The van der Waals surface area contributed by atoms with Gasteiger partial charge in [0.05, 0.1) is 11.6 Å². The largest absolute Gasteiger partial charge is 0.496 e. The number of anilines is 2. The Morgan fingerprint density at radius 1 is 1.08 bits per heavy atom. The van der Waals surface area contributed by atoms with Gasteiger partial charge in [0.15, 0.2) is 0 Å². The van der Waals surface area contributed by atoms with Crippen LogP contribution in [0.2, 0.25) is 0 Å². The number of nitrogens with one attached hydrogen (secondary N) is 2. The summed E-state index contributed by atoms with van der Waals surface area (Å²) in [5.74, 6) is 0.531. The number of carbonyl (C=O) groups is 2. The van der Waals surface area contributed by atoms with Gasteiger partial charge in [-0.05, 0) is 58.2 Å². The van der Waals surface area contributed by atoms with E-state index in [1.165, 1.54) is 6.92 Å². The molecule has 0 aromatic heterocycles. The maximum atomic E-state index is 12.1. The Morgan fingerprint density at radius 2 is 1.79 bits per heavy atom. The summed E-state index contributed by atoms with van der Waals surface area (Å²) >= 11 is 3.44. The first-order chi connectivity index (χ1) is 11.5. The van der Waals surface area contributed by atoms with E-state index in [0.29, 0.717) is 24.2 Å². The van der Waals surface area contributed by atoms with Crippen molar-refractivity contribution < 1.29 is 14.3 Å². The number of rotatable bonds is 6. The Morgan fingerprint density at radius 3 is 2.42 bits per heavy atom. The lowest BCUT2D eigenvalue weighted by Crippen LogP contribution is -2.13. The topological polar surface area (TPSA) is 67.4 Å². The smallest absolute Gasteiger partial charge is 0.224 e. The molecule has 126 valence electrons. The van der Waals surface area contributed by atoms with Crippen LogP contribution in [0.1, 0.15) is 18.9 Å². The average molecular weight is 391 g/mol. The first-order valence-corrected chi connectivity index (χ1v) is 8.27. The number of hydrogen-bond donors (Lipinski definition) is 2. The van der Waals surface area contributed by atoms with E-state index < -0.39 is 0 Å². The molecule has 0 heterocycles. The molecule has 2 aromatic carbocycles. The van der Waals surface area contributed by atoms with Crippen LogP contribution in [-0.4, -0.2) is 18.9 Å². The fourth-order valence-corrected chi connectivity index (χ4v) is 2.81. The van der Waals surface area contributed by atoms with Crippen molar-refractivity contribution in [3.05, 3.63) is 52.5 Å². The second kappa shape index (κ2) is 8.49. The Balaban J connectivity index is 1.91. The van der Waals surface area contributed by atoms with Crippen LogP contribution in [-0.2, 0) is 16.0 Å². The molecule has 0 bridgehead atoms. The molecule has 5 nitrogen and oxygen atoms in total. The van der Waals surface area contributed by atoms with E-state index in [9.17, 15) is 9.59 Å². The number of amides is 2. The predicted octanol–water partition coefficient (Wildman–Crippen LogP) is 3.99. The maximum absolute atomic E-state index is 12.1. The molecule has 0 fully saturated rings. The third kappa shape index (κ3) is 5.38. The van der Waals surface area contributed by atoms with Gasteiger partial charge in [-0.1, -0.05) is 12.1 Å². The first kappa shape index (κ1) is 18.0. The van der Waals surface area contributed by atoms with Gasteiger partial charge in [-0.2, -0.15) is 0 Å². The number of aryl methyl sites for hydroxylation is 1.